The van der Waals surface area contributed by atoms with Gasteiger partial charge in [0.15, 0.2) is 0 Å². The van der Waals surface area contributed by atoms with Gasteiger partial charge in [-0.1, -0.05) is 12.1 Å². The van der Waals surface area contributed by atoms with Gasteiger partial charge in [-0.2, -0.15) is 0 Å². The van der Waals surface area contributed by atoms with Crippen molar-refractivity contribution in [1.29, 1.82) is 0 Å². The standard InChI is InChI=1S/C27H28N4O4/c1-34-23-7-4-8-24-25(23)20-15-30(14-18(20)16-35-24)10-2-3-11-31-26(32)19-13-21-17(6-5-9-28-21)12-22(19)29-27(31)33/h4-9,12-13,18,20H,2-3,10-11,14-16H2,1H3,(H,29,33)/t18-,20-/m1/s1. The minimum atomic E-state index is -0.362. The Morgan fingerprint density at radius 1 is 1.11 bits per heavy atom. The van der Waals surface area contributed by atoms with E-state index in [0.717, 1.165) is 61.5 Å². The Kier molecular flexibility index (Phi) is 5.53. The number of fused-ring (bicyclic) bond motifs is 5. The number of aromatic nitrogens is 3. The lowest BCUT2D eigenvalue weighted by atomic mass is 9.86. The Bertz CT molecular complexity index is 1510. The maximum atomic E-state index is 13.1. The fraction of sp³-hybridized carbons (Fsp3) is 0.370. The molecular weight excluding hydrogens is 444 g/mol. The van der Waals surface area contributed by atoms with Crippen LogP contribution in [0.3, 0.4) is 0 Å². The molecule has 8 heteroatoms. The van der Waals surface area contributed by atoms with Crippen molar-refractivity contribution in [3.63, 3.8) is 0 Å². The van der Waals surface area contributed by atoms with Crippen LogP contribution in [0, 0.1) is 5.92 Å². The van der Waals surface area contributed by atoms with Gasteiger partial charge < -0.3 is 19.4 Å². The molecule has 4 aromatic rings. The Balaban J connectivity index is 1.13. The van der Waals surface area contributed by atoms with Gasteiger partial charge in [0.25, 0.3) is 5.56 Å². The minimum Gasteiger partial charge on any atom is -0.496 e. The van der Waals surface area contributed by atoms with Gasteiger partial charge in [-0.05, 0) is 49.7 Å². The van der Waals surface area contributed by atoms with Crippen LogP contribution in [0.25, 0.3) is 21.8 Å². The summed E-state index contributed by atoms with van der Waals surface area (Å²) >= 11 is 0. The summed E-state index contributed by atoms with van der Waals surface area (Å²) in [6, 6.07) is 13.3. The third kappa shape index (κ3) is 3.87. The highest BCUT2D eigenvalue weighted by molar-refractivity contribution is 5.93. The van der Waals surface area contributed by atoms with Gasteiger partial charge in [0.05, 0.1) is 30.1 Å². The second-order valence-corrected chi connectivity index (χ2v) is 9.50. The van der Waals surface area contributed by atoms with E-state index >= 15 is 0 Å². The van der Waals surface area contributed by atoms with Crippen molar-refractivity contribution >= 4 is 21.8 Å². The molecule has 4 heterocycles. The summed E-state index contributed by atoms with van der Waals surface area (Å²) in [5, 5.41) is 1.39. The van der Waals surface area contributed by atoms with Crippen LogP contribution in [-0.4, -0.2) is 52.8 Å². The van der Waals surface area contributed by atoms with Gasteiger partial charge in [-0.3, -0.25) is 14.3 Å². The molecule has 0 saturated carbocycles. The van der Waals surface area contributed by atoms with Crippen LogP contribution in [0.4, 0.5) is 0 Å². The Morgan fingerprint density at radius 2 is 2.00 bits per heavy atom. The van der Waals surface area contributed by atoms with Crippen LogP contribution in [-0.2, 0) is 6.54 Å². The number of benzene rings is 2. The zero-order chi connectivity index (χ0) is 23.9. The fourth-order valence-corrected chi connectivity index (χ4v) is 5.66. The maximum absolute atomic E-state index is 13.1. The van der Waals surface area contributed by atoms with Gasteiger partial charge in [0, 0.05) is 48.6 Å². The van der Waals surface area contributed by atoms with Gasteiger partial charge >= 0.3 is 5.69 Å². The van der Waals surface area contributed by atoms with E-state index in [1.807, 2.05) is 36.4 Å². The van der Waals surface area contributed by atoms with E-state index in [2.05, 4.69) is 14.9 Å². The summed E-state index contributed by atoms with van der Waals surface area (Å²) in [6.45, 7) is 4.00. The predicted octanol–water partition coefficient (Wildman–Crippen LogP) is 3.13. The normalized spacial score (nSPS) is 19.5. The molecule has 1 fully saturated rings. The smallest absolute Gasteiger partial charge is 0.328 e. The quantitative estimate of drug-likeness (QED) is 0.343. The maximum Gasteiger partial charge on any atom is 0.328 e. The van der Waals surface area contributed by atoms with Crippen molar-refractivity contribution in [2.24, 2.45) is 5.92 Å². The summed E-state index contributed by atoms with van der Waals surface area (Å²) in [5.41, 5.74) is 1.86. The molecule has 0 amide bonds. The molecule has 2 aromatic heterocycles. The van der Waals surface area contributed by atoms with Crippen LogP contribution in [0.5, 0.6) is 11.5 Å². The van der Waals surface area contributed by atoms with E-state index in [0.29, 0.717) is 29.3 Å². The largest absolute Gasteiger partial charge is 0.496 e. The molecular formula is C27H28N4O4. The van der Waals surface area contributed by atoms with E-state index in [9.17, 15) is 9.59 Å². The number of unbranched alkanes of at least 4 members (excludes halogenated alkanes) is 1. The van der Waals surface area contributed by atoms with E-state index in [-0.39, 0.29) is 11.2 Å². The number of ether oxygens (including phenoxy) is 2. The summed E-state index contributed by atoms with van der Waals surface area (Å²) in [6.07, 6.45) is 3.36. The summed E-state index contributed by atoms with van der Waals surface area (Å²) in [5.74, 6) is 2.69. The van der Waals surface area contributed by atoms with Gasteiger partial charge in [0.2, 0.25) is 0 Å². The number of likely N-dealkylation sites (tertiary alicyclic amines) is 1. The van der Waals surface area contributed by atoms with E-state index in [4.69, 9.17) is 9.47 Å². The summed E-state index contributed by atoms with van der Waals surface area (Å²) < 4.78 is 12.9. The third-order valence-electron chi connectivity index (χ3n) is 7.40. The van der Waals surface area contributed by atoms with Gasteiger partial charge in [-0.25, -0.2) is 4.79 Å². The molecule has 0 spiro atoms. The molecule has 0 bridgehead atoms. The average molecular weight is 473 g/mol. The van der Waals surface area contributed by atoms with E-state index in [1.54, 1.807) is 19.4 Å². The first-order chi connectivity index (χ1) is 17.1. The molecule has 8 nitrogen and oxygen atoms in total. The summed E-state index contributed by atoms with van der Waals surface area (Å²) in [4.78, 5) is 35.4. The number of aromatic amines is 1. The van der Waals surface area contributed by atoms with Crippen LogP contribution >= 0.6 is 0 Å². The van der Waals surface area contributed by atoms with Crippen molar-refractivity contribution in [1.82, 2.24) is 19.4 Å². The first kappa shape index (κ1) is 21.9. The second kappa shape index (κ2) is 8.85. The molecule has 0 aliphatic carbocycles. The lowest BCUT2D eigenvalue weighted by Gasteiger charge is -2.29. The molecule has 1 N–H and O–H groups in total. The monoisotopic (exact) mass is 472 g/mol. The van der Waals surface area contributed by atoms with Crippen molar-refractivity contribution in [3.8, 4) is 11.5 Å². The minimum absolute atomic E-state index is 0.260. The number of methoxy groups -OCH3 is 1. The second-order valence-electron chi connectivity index (χ2n) is 9.50. The summed E-state index contributed by atoms with van der Waals surface area (Å²) in [7, 11) is 1.71. The topological polar surface area (TPSA) is 89.5 Å². The number of hydrogen-bond acceptors (Lipinski definition) is 6. The SMILES string of the molecule is COc1cccc2c1[C@@H]1CN(CCCCn3c(=O)[nH]c4cc5cccnc5cc4c3=O)C[C@@H]1CO2. The molecule has 2 aliphatic rings. The Hall–Kier alpha value is -3.65. The van der Waals surface area contributed by atoms with Gasteiger partial charge in [-0.15, -0.1) is 0 Å². The Morgan fingerprint density at radius 3 is 2.89 bits per heavy atom. The van der Waals surface area contributed by atoms with E-state index in [1.165, 1.54) is 10.1 Å². The molecule has 2 aromatic carbocycles. The lowest BCUT2D eigenvalue weighted by molar-refractivity contribution is 0.209. The zero-order valence-corrected chi connectivity index (χ0v) is 19.7. The van der Waals surface area contributed by atoms with Crippen LogP contribution in [0.15, 0.2) is 58.3 Å². The molecule has 1 saturated heterocycles. The molecule has 35 heavy (non-hydrogen) atoms. The number of pyridine rings is 1. The highest BCUT2D eigenvalue weighted by atomic mass is 16.5. The number of nitrogens with zero attached hydrogens (tertiary/aromatic N) is 3. The van der Waals surface area contributed by atoms with Crippen molar-refractivity contribution < 1.29 is 9.47 Å². The average Bonchev–Trinajstić information content (AvgIpc) is 3.30. The number of nitrogens with one attached hydrogen (secondary N) is 1. The highest BCUT2D eigenvalue weighted by Gasteiger charge is 2.40. The van der Waals surface area contributed by atoms with Crippen LogP contribution in [0.2, 0.25) is 0 Å². The first-order valence-electron chi connectivity index (χ1n) is 12.2. The van der Waals surface area contributed by atoms with Crippen molar-refractivity contribution in [2.75, 3.05) is 33.4 Å². The predicted molar refractivity (Wildman–Crippen MR) is 135 cm³/mol. The van der Waals surface area contributed by atoms with Crippen LogP contribution < -0.4 is 20.7 Å². The first-order valence-corrected chi connectivity index (χ1v) is 12.2. The lowest BCUT2D eigenvalue weighted by Crippen LogP contribution is -2.35. The van der Waals surface area contributed by atoms with Gasteiger partial charge in [0.1, 0.15) is 11.5 Å². The van der Waals surface area contributed by atoms with Crippen molar-refractivity contribution in [3.05, 3.63) is 75.1 Å². The molecule has 0 radical (unpaired) electrons. The molecule has 6 rings (SSSR count). The Labute approximate surface area is 202 Å². The van der Waals surface area contributed by atoms with E-state index < -0.39 is 0 Å². The molecule has 0 unspecified atom stereocenters. The molecule has 2 atom stereocenters. The number of rotatable bonds is 6. The highest BCUT2D eigenvalue weighted by Crippen LogP contribution is 2.46. The van der Waals surface area contributed by atoms with Crippen molar-refractivity contribution in [2.45, 2.75) is 25.3 Å². The fourth-order valence-electron chi connectivity index (χ4n) is 5.66. The molecule has 2 aliphatic heterocycles. The zero-order valence-electron chi connectivity index (χ0n) is 19.7. The third-order valence-corrected chi connectivity index (χ3v) is 7.40. The number of hydrogen-bond donors (Lipinski definition) is 1. The number of H-pyrrole nitrogens is 1. The molecule has 180 valence electrons. The van der Waals surface area contributed by atoms with Crippen LogP contribution in [0.1, 0.15) is 24.3 Å².